The molecule has 0 bridgehead atoms. The van der Waals surface area contributed by atoms with Crippen LogP contribution in [-0.4, -0.2) is 22.8 Å². The third kappa shape index (κ3) is 3.91. The van der Waals surface area contributed by atoms with Gasteiger partial charge < -0.3 is 9.32 Å². The molecule has 0 atom stereocenters. The number of rotatable bonds is 5. The van der Waals surface area contributed by atoms with E-state index in [4.69, 9.17) is 4.42 Å². The Hall–Kier alpha value is -1.44. The maximum Gasteiger partial charge on any atom is 0.236 e. The number of halogens is 1. The Kier molecular flexibility index (Phi) is 4.99. The van der Waals surface area contributed by atoms with E-state index in [0.717, 1.165) is 13.5 Å². The smallest absolute Gasteiger partial charge is 0.236 e. The van der Waals surface area contributed by atoms with Crippen molar-refractivity contribution in [2.45, 2.75) is 19.9 Å². The maximum atomic E-state index is 12.4. The molecule has 0 spiro atoms. The minimum Gasteiger partial charge on any atom is -0.440 e. The Balaban J connectivity index is 1.67. The highest BCUT2D eigenvalue weighted by Gasteiger charge is 2.18. The van der Waals surface area contributed by atoms with Crippen LogP contribution in [0.4, 0.5) is 0 Å². The van der Waals surface area contributed by atoms with Gasteiger partial charge in [0.15, 0.2) is 0 Å². The first-order valence-corrected chi connectivity index (χ1v) is 9.50. The van der Waals surface area contributed by atoms with E-state index in [0.29, 0.717) is 23.9 Å². The van der Waals surface area contributed by atoms with E-state index in [1.165, 1.54) is 0 Å². The topological polar surface area (TPSA) is 46.3 Å². The minimum atomic E-state index is 0.0312. The summed E-state index contributed by atoms with van der Waals surface area (Å²) < 4.78 is 6.76. The number of carbonyl (C=O) groups is 1. The molecule has 3 heterocycles. The van der Waals surface area contributed by atoms with E-state index in [1.807, 2.05) is 43.6 Å². The van der Waals surface area contributed by atoms with E-state index >= 15 is 0 Å². The summed E-state index contributed by atoms with van der Waals surface area (Å²) in [6, 6.07) is 7.93. The molecule has 3 aromatic rings. The van der Waals surface area contributed by atoms with Crippen molar-refractivity contribution in [1.29, 1.82) is 0 Å². The van der Waals surface area contributed by atoms with Gasteiger partial charge in [0.25, 0.3) is 0 Å². The summed E-state index contributed by atoms with van der Waals surface area (Å²) in [5, 5.41) is 1.98. The van der Waals surface area contributed by atoms with Crippen LogP contribution in [0.15, 0.2) is 37.8 Å². The van der Waals surface area contributed by atoms with Gasteiger partial charge in [-0.15, -0.1) is 22.7 Å². The third-order valence-corrected chi connectivity index (χ3v) is 5.86. The van der Waals surface area contributed by atoms with Crippen LogP contribution in [-0.2, 0) is 17.8 Å². The van der Waals surface area contributed by atoms with E-state index < -0.39 is 0 Å². The van der Waals surface area contributed by atoms with Gasteiger partial charge in [0.2, 0.25) is 11.8 Å². The molecule has 23 heavy (non-hydrogen) atoms. The molecule has 0 fully saturated rings. The van der Waals surface area contributed by atoms with Gasteiger partial charge in [-0.1, -0.05) is 6.07 Å². The van der Waals surface area contributed by atoms with Gasteiger partial charge in [0, 0.05) is 11.9 Å². The Morgan fingerprint density at radius 1 is 1.39 bits per heavy atom. The molecule has 0 aliphatic carbocycles. The van der Waals surface area contributed by atoms with Crippen LogP contribution in [0.3, 0.4) is 0 Å². The number of oxazole rings is 1. The molecule has 7 heteroatoms. The minimum absolute atomic E-state index is 0.0312. The highest BCUT2D eigenvalue weighted by atomic mass is 79.9. The lowest BCUT2D eigenvalue weighted by atomic mass is 10.2. The summed E-state index contributed by atoms with van der Waals surface area (Å²) in [6.45, 7) is 2.45. The summed E-state index contributed by atoms with van der Waals surface area (Å²) in [5.74, 6) is 1.32. The van der Waals surface area contributed by atoms with Crippen LogP contribution in [0, 0.1) is 6.92 Å². The molecule has 1 amide bonds. The molecule has 0 aliphatic rings. The van der Waals surface area contributed by atoms with Crippen molar-refractivity contribution in [3.8, 4) is 10.8 Å². The van der Waals surface area contributed by atoms with Gasteiger partial charge in [-0.05, 0) is 46.4 Å². The number of hydrogen-bond acceptors (Lipinski definition) is 5. The molecule has 4 nitrogen and oxygen atoms in total. The Bertz CT molecular complexity index is 808. The zero-order valence-electron chi connectivity index (χ0n) is 12.7. The Morgan fingerprint density at radius 3 is 2.87 bits per heavy atom. The number of aromatic nitrogens is 1. The quantitative estimate of drug-likeness (QED) is 0.610. The number of aryl methyl sites for hydroxylation is 1. The van der Waals surface area contributed by atoms with Crippen molar-refractivity contribution in [1.82, 2.24) is 9.88 Å². The normalized spacial score (nSPS) is 10.9. The van der Waals surface area contributed by atoms with Gasteiger partial charge in [-0.3, -0.25) is 4.79 Å². The summed E-state index contributed by atoms with van der Waals surface area (Å²) in [5.41, 5.74) is 0.706. The predicted molar refractivity (Wildman–Crippen MR) is 96.8 cm³/mol. The van der Waals surface area contributed by atoms with Crippen LogP contribution in [0.2, 0.25) is 0 Å². The van der Waals surface area contributed by atoms with Gasteiger partial charge >= 0.3 is 0 Å². The van der Waals surface area contributed by atoms with Gasteiger partial charge in [-0.2, -0.15) is 0 Å². The van der Waals surface area contributed by atoms with Crippen molar-refractivity contribution in [3.05, 3.63) is 49.8 Å². The zero-order valence-corrected chi connectivity index (χ0v) is 15.9. The number of thiophene rings is 2. The molecule has 0 radical (unpaired) electrons. The first kappa shape index (κ1) is 16.4. The summed E-state index contributed by atoms with van der Waals surface area (Å²) in [4.78, 5) is 20.7. The zero-order chi connectivity index (χ0) is 16.4. The van der Waals surface area contributed by atoms with Crippen molar-refractivity contribution in [3.63, 3.8) is 0 Å². The molecule has 0 N–H and O–H groups in total. The number of carbonyl (C=O) groups excluding carboxylic acids is 1. The largest absolute Gasteiger partial charge is 0.440 e. The number of hydrogen-bond donors (Lipinski definition) is 0. The third-order valence-electron chi connectivity index (χ3n) is 3.39. The second kappa shape index (κ2) is 6.98. The molecule has 0 aliphatic heterocycles. The average Bonchev–Trinajstić information content (AvgIpc) is 3.22. The molecule has 3 aromatic heterocycles. The summed E-state index contributed by atoms with van der Waals surface area (Å²) >= 11 is 6.65. The molecule has 120 valence electrons. The van der Waals surface area contributed by atoms with Crippen molar-refractivity contribution in [2.24, 2.45) is 0 Å². The van der Waals surface area contributed by atoms with Crippen LogP contribution in [0.25, 0.3) is 10.8 Å². The number of amides is 1. The monoisotopic (exact) mass is 410 g/mol. The first-order valence-electron chi connectivity index (χ1n) is 7.01. The summed E-state index contributed by atoms with van der Waals surface area (Å²) in [7, 11) is 1.81. The number of nitrogens with zero attached hydrogens (tertiary/aromatic N) is 2. The standard InChI is InChI=1S/C16H15BrN2O2S2/c1-10-12(18-16(21-10)13-4-3-7-22-13)8-15(20)19(2)9-11-5-6-14(17)23-11/h3-7H,8-9H2,1-2H3. The van der Waals surface area contributed by atoms with Gasteiger partial charge in [0.1, 0.15) is 5.76 Å². The lowest BCUT2D eigenvalue weighted by Gasteiger charge is -2.15. The van der Waals surface area contributed by atoms with Gasteiger partial charge in [-0.25, -0.2) is 4.98 Å². The molecular formula is C16H15BrN2O2S2. The molecule has 3 rings (SSSR count). The van der Waals surface area contributed by atoms with Crippen molar-refractivity contribution < 1.29 is 9.21 Å². The fourth-order valence-corrected chi connectivity index (χ4v) is 4.32. The predicted octanol–water partition coefficient (Wildman–Crippen LogP) is 4.74. The van der Waals surface area contributed by atoms with E-state index in [-0.39, 0.29) is 12.3 Å². The van der Waals surface area contributed by atoms with Crippen molar-refractivity contribution >= 4 is 44.5 Å². The first-order chi connectivity index (χ1) is 11.0. The molecule has 0 unspecified atom stereocenters. The number of likely N-dealkylation sites (N-methyl/N-ethyl adjacent to an activating group) is 1. The SMILES string of the molecule is Cc1oc(-c2cccs2)nc1CC(=O)N(C)Cc1ccc(Br)s1. The van der Waals surface area contributed by atoms with Crippen LogP contribution in [0.5, 0.6) is 0 Å². The van der Waals surface area contributed by atoms with Gasteiger partial charge in [0.05, 0.1) is 27.3 Å². The van der Waals surface area contributed by atoms with Crippen LogP contribution < -0.4 is 0 Å². The molecular weight excluding hydrogens is 396 g/mol. The average molecular weight is 411 g/mol. The van der Waals surface area contributed by atoms with E-state index in [1.54, 1.807) is 27.6 Å². The van der Waals surface area contributed by atoms with Crippen LogP contribution >= 0.6 is 38.6 Å². The molecule has 0 saturated heterocycles. The lowest BCUT2D eigenvalue weighted by Crippen LogP contribution is -2.27. The Morgan fingerprint density at radius 2 is 2.22 bits per heavy atom. The Labute approximate surface area is 150 Å². The van der Waals surface area contributed by atoms with E-state index in [2.05, 4.69) is 20.9 Å². The summed E-state index contributed by atoms with van der Waals surface area (Å²) in [6.07, 6.45) is 0.254. The molecule has 0 aromatic carbocycles. The maximum absolute atomic E-state index is 12.4. The molecule has 0 saturated carbocycles. The van der Waals surface area contributed by atoms with E-state index in [9.17, 15) is 4.79 Å². The highest BCUT2D eigenvalue weighted by molar-refractivity contribution is 9.11. The highest BCUT2D eigenvalue weighted by Crippen LogP contribution is 2.26. The van der Waals surface area contributed by atoms with Crippen LogP contribution in [0.1, 0.15) is 16.3 Å². The second-order valence-electron chi connectivity index (χ2n) is 5.13. The lowest BCUT2D eigenvalue weighted by molar-refractivity contribution is -0.129. The second-order valence-corrected chi connectivity index (χ2v) is 8.63. The fraction of sp³-hybridized carbons (Fsp3) is 0.250. The van der Waals surface area contributed by atoms with Crippen molar-refractivity contribution in [2.75, 3.05) is 7.05 Å². The fourth-order valence-electron chi connectivity index (χ4n) is 2.13.